The van der Waals surface area contributed by atoms with Gasteiger partial charge < -0.3 is 15.7 Å². The van der Waals surface area contributed by atoms with Gasteiger partial charge in [0, 0.05) is 6.04 Å². The summed E-state index contributed by atoms with van der Waals surface area (Å²) in [6, 6.07) is 4.58. The molecule has 0 saturated heterocycles. The van der Waals surface area contributed by atoms with E-state index < -0.39 is 12.0 Å². The van der Waals surface area contributed by atoms with Gasteiger partial charge in [-0.2, -0.15) is 0 Å². The van der Waals surface area contributed by atoms with Crippen LogP contribution in [0.1, 0.15) is 24.8 Å². The van der Waals surface area contributed by atoms with E-state index in [4.69, 9.17) is 16.7 Å². The number of aliphatic carboxylic acids is 1. The van der Waals surface area contributed by atoms with Crippen molar-refractivity contribution in [2.24, 2.45) is 5.92 Å². The molecule has 1 aromatic rings. The lowest BCUT2D eigenvalue weighted by Crippen LogP contribution is -2.40. The lowest BCUT2D eigenvalue weighted by molar-refractivity contribution is -0.137. The molecule has 0 bridgehead atoms. The summed E-state index contributed by atoms with van der Waals surface area (Å²) in [4.78, 5) is 22.7. The van der Waals surface area contributed by atoms with Gasteiger partial charge in [0.05, 0.1) is 17.1 Å². The summed E-state index contributed by atoms with van der Waals surface area (Å²) in [6.45, 7) is 1.91. The third kappa shape index (κ3) is 4.13. The van der Waals surface area contributed by atoms with Gasteiger partial charge in [-0.15, -0.1) is 0 Å². The molecule has 1 fully saturated rings. The van der Waals surface area contributed by atoms with Gasteiger partial charge in [0.25, 0.3) is 0 Å². The Labute approximate surface area is 122 Å². The molecule has 5 nitrogen and oxygen atoms in total. The van der Waals surface area contributed by atoms with Crippen LogP contribution in [0.25, 0.3) is 0 Å². The van der Waals surface area contributed by atoms with Crippen LogP contribution in [0.5, 0.6) is 0 Å². The van der Waals surface area contributed by atoms with Crippen LogP contribution >= 0.6 is 11.6 Å². The second kappa shape index (κ2) is 6.13. The number of rotatable bonds is 5. The second-order valence-corrected chi connectivity index (χ2v) is 5.53. The van der Waals surface area contributed by atoms with Crippen LogP contribution < -0.4 is 10.6 Å². The first-order valence-electron chi connectivity index (χ1n) is 6.51. The Morgan fingerprint density at radius 1 is 1.45 bits per heavy atom. The third-order valence-corrected chi connectivity index (χ3v) is 3.59. The fourth-order valence-corrected chi connectivity index (χ4v) is 2.35. The fraction of sp³-hybridized carbons (Fsp3) is 0.429. The van der Waals surface area contributed by atoms with Gasteiger partial charge in [0.15, 0.2) is 0 Å². The Balaban J connectivity index is 1.95. The molecule has 1 aliphatic rings. The number of hydrogen-bond donors (Lipinski definition) is 3. The molecule has 3 N–H and O–H groups in total. The van der Waals surface area contributed by atoms with Crippen LogP contribution in [0.2, 0.25) is 5.02 Å². The molecular weight excluding hydrogens is 280 g/mol. The summed E-state index contributed by atoms with van der Waals surface area (Å²) in [7, 11) is 0. The second-order valence-electron chi connectivity index (χ2n) is 5.12. The molecule has 1 unspecified atom stereocenters. The van der Waals surface area contributed by atoms with Gasteiger partial charge in [-0.3, -0.25) is 4.79 Å². The van der Waals surface area contributed by atoms with Crippen molar-refractivity contribution < 1.29 is 14.7 Å². The highest BCUT2D eigenvalue weighted by Crippen LogP contribution is 2.34. The maximum Gasteiger partial charge on any atom is 0.319 e. The minimum atomic E-state index is -0.907. The molecule has 0 heterocycles. The average Bonchev–Trinajstić information content (AvgIpc) is 3.15. The van der Waals surface area contributed by atoms with Gasteiger partial charge in [0.2, 0.25) is 0 Å². The Morgan fingerprint density at radius 3 is 2.70 bits per heavy atom. The zero-order chi connectivity index (χ0) is 14.7. The molecule has 1 atom stereocenters. The van der Waals surface area contributed by atoms with Crippen LogP contribution in [0, 0.1) is 12.8 Å². The number of carboxylic acids is 1. The molecule has 0 aliphatic heterocycles. The molecular formula is C14H17ClN2O3. The van der Waals surface area contributed by atoms with Gasteiger partial charge >= 0.3 is 12.0 Å². The number of carbonyl (C=O) groups is 2. The van der Waals surface area contributed by atoms with Crippen molar-refractivity contribution in [1.82, 2.24) is 5.32 Å². The normalized spacial score (nSPS) is 15.5. The highest BCUT2D eigenvalue weighted by molar-refractivity contribution is 6.33. The zero-order valence-corrected chi connectivity index (χ0v) is 11.9. The highest BCUT2D eigenvalue weighted by atomic mass is 35.5. The number of carbonyl (C=O) groups excluding carboxylic acids is 1. The summed E-state index contributed by atoms with van der Waals surface area (Å²) >= 11 is 6.03. The van der Waals surface area contributed by atoms with Crippen LogP contribution in [0.15, 0.2) is 18.2 Å². The smallest absolute Gasteiger partial charge is 0.319 e. The van der Waals surface area contributed by atoms with Crippen molar-refractivity contribution in [3.8, 4) is 0 Å². The largest absolute Gasteiger partial charge is 0.481 e. The number of hydrogen-bond acceptors (Lipinski definition) is 2. The number of benzene rings is 1. The summed E-state index contributed by atoms with van der Waals surface area (Å²) in [6.07, 6.45) is 1.87. The maximum atomic E-state index is 11.9. The predicted molar refractivity (Wildman–Crippen MR) is 77.1 cm³/mol. The van der Waals surface area contributed by atoms with Crippen molar-refractivity contribution in [1.29, 1.82) is 0 Å². The predicted octanol–water partition coefficient (Wildman–Crippen LogP) is 3.02. The molecule has 2 amide bonds. The molecule has 6 heteroatoms. The highest BCUT2D eigenvalue weighted by Gasteiger charge is 2.33. The Morgan fingerprint density at radius 2 is 2.15 bits per heavy atom. The minimum absolute atomic E-state index is 0.0558. The monoisotopic (exact) mass is 296 g/mol. The van der Waals surface area contributed by atoms with Gasteiger partial charge in [0.1, 0.15) is 0 Å². The molecule has 1 saturated carbocycles. The summed E-state index contributed by atoms with van der Waals surface area (Å²) < 4.78 is 0. The van der Waals surface area contributed by atoms with E-state index in [1.807, 2.05) is 13.0 Å². The van der Waals surface area contributed by atoms with Crippen molar-refractivity contribution in [3.63, 3.8) is 0 Å². The standard InChI is InChI=1S/C14H17ClN2O3/c1-8-2-5-11(10(15)6-8)16-14(20)17-12(7-13(18)19)9-3-4-9/h2,5-6,9,12H,3-4,7H2,1H3,(H,18,19)(H2,16,17,20). The number of halogens is 1. The van der Waals surface area contributed by atoms with Gasteiger partial charge in [-0.1, -0.05) is 17.7 Å². The van der Waals surface area contributed by atoms with Crippen molar-refractivity contribution in [2.45, 2.75) is 32.2 Å². The first-order valence-corrected chi connectivity index (χ1v) is 6.89. The fourth-order valence-electron chi connectivity index (χ4n) is 2.07. The van der Waals surface area contributed by atoms with E-state index in [1.165, 1.54) is 0 Å². The molecule has 0 radical (unpaired) electrons. The average molecular weight is 297 g/mol. The van der Waals surface area contributed by atoms with Crippen molar-refractivity contribution in [3.05, 3.63) is 28.8 Å². The van der Waals surface area contributed by atoms with Crippen LogP contribution in [-0.2, 0) is 4.79 Å². The number of amides is 2. The summed E-state index contributed by atoms with van der Waals surface area (Å²) in [5, 5.41) is 14.7. The quantitative estimate of drug-likeness (QED) is 0.781. The molecule has 2 rings (SSSR count). The molecule has 0 aromatic heterocycles. The van der Waals surface area contributed by atoms with E-state index in [0.717, 1.165) is 18.4 Å². The third-order valence-electron chi connectivity index (χ3n) is 3.27. The van der Waals surface area contributed by atoms with Crippen LogP contribution in [-0.4, -0.2) is 23.1 Å². The van der Waals surface area contributed by atoms with Crippen molar-refractivity contribution in [2.75, 3.05) is 5.32 Å². The molecule has 1 aromatic carbocycles. The molecule has 0 spiro atoms. The van der Waals surface area contributed by atoms with E-state index in [9.17, 15) is 9.59 Å². The van der Waals surface area contributed by atoms with E-state index in [-0.39, 0.29) is 18.4 Å². The lowest BCUT2D eigenvalue weighted by atomic mass is 10.1. The van der Waals surface area contributed by atoms with Gasteiger partial charge in [-0.25, -0.2) is 4.79 Å². The van der Waals surface area contributed by atoms with Crippen LogP contribution in [0.3, 0.4) is 0 Å². The maximum absolute atomic E-state index is 11.9. The molecule has 1 aliphatic carbocycles. The zero-order valence-electron chi connectivity index (χ0n) is 11.1. The topological polar surface area (TPSA) is 78.4 Å². The number of urea groups is 1. The van der Waals surface area contributed by atoms with E-state index in [0.29, 0.717) is 10.7 Å². The number of aryl methyl sites for hydroxylation is 1. The van der Waals surface area contributed by atoms with Crippen molar-refractivity contribution >= 4 is 29.3 Å². The Hall–Kier alpha value is -1.75. The number of anilines is 1. The number of carboxylic acid groups (broad SMARTS) is 1. The van der Waals surface area contributed by atoms with E-state index in [2.05, 4.69) is 10.6 Å². The summed E-state index contributed by atoms with van der Waals surface area (Å²) in [5.41, 5.74) is 1.52. The molecule has 20 heavy (non-hydrogen) atoms. The van der Waals surface area contributed by atoms with E-state index >= 15 is 0 Å². The first kappa shape index (κ1) is 14.7. The first-order chi connectivity index (χ1) is 9.45. The number of nitrogens with one attached hydrogen (secondary N) is 2. The van der Waals surface area contributed by atoms with Gasteiger partial charge in [-0.05, 0) is 43.4 Å². The van der Waals surface area contributed by atoms with E-state index in [1.54, 1.807) is 12.1 Å². The Bertz CT molecular complexity index is 529. The SMILES string of the molecule is Cc1ccc(NC(=O)NC(CC(=O)O)C2CC2)c(Cl)c1. The minimum Gasteiger partial charge on any atom is -0.481 e. The molecule has 108 valence electrons. The lowest BCUT2D eigenvalue weighted by Gasteiger charge is -2.17. The van der Waals surface area contributed by atoms with Crippen LogP contribution in [0.4, 0.5) is 10.5 Å². The Kier molecular flexibility index (Phi) is 4.49. The summed E-state index contributed by atoms with van der Waals surface area (Å²) in [5.74, 6) is -0.638.